The van der Waals surface area contributed by atoms with E-state index in [1.54, 1.807) is 6.20 Å². The van der Waals surface area contributed by atoms with E-state index >= 15 is 0 Å². The normalized spacial score (nSPS) is 27.6. The lowest BCUT2D eigenvalue weighted by molar-refractivity contribution is 0.288. The Bertz CT molecular complexity index is 514. The van der Waals surface area contributed by atoms with Crippen molar-refractivity contribution in [2.24, 2.45) is 17.4 Å². The molecule has 1 unspecified atom stereocenters. The maximum atomic E-state index is 6.57. The van der Waals surface area contributed by atoms with Crippen LogP contribution in [-0.2, 0) is 0 Å². The molecule has 4 nitrogen and oxygen atoms in total. The minimum Gasteiger partial charge on any atom is -0.399 e. The van der Waals surface area contributed by atoms with Crippen LogP contribution in [0.1, 0.15) is 31.2 Å². The van der Waals surface area contributed by atoms with Gasteiger partial charge >= 0.3 is 0 Å². The summed E-state index contributed by atoms with van der Waals surface area (Å²) in [6, 6.07) is 3.95. The maximum absolute atomic E-state index is 6.57. The first-order valence-corrected chi connectivity index (χ1v) is 6.85. The molecule has 3 rings (SSSR count). The predicted octanol–water partition coefficient (Wildman–Crippen LogP) is 1.71. The summed E-state index contributed by atoms with van der Waals surface area (Å²) in [7, 11) is 0. The largest absolute Gasteiger partial charge is 0.399 e. The van der Waals surface area contributed by atoms with E-state index in [2.05, 4.69) is 10.3 Å². The second-order valence-electron chi connectivity index (χ2n) is 5.42. The molecule has 1 saturated carbocycles. The molecule has 0 aromatic carbocycles. The molecule has 100 valence electrons. The molecule has 0 saturated heterocycles. The Balaban J connectivity index is 1.91. The molecule has 0 radical (unpaired) electrons. The molecule has 2 heterocycles. The number of aromatic nitrogens is 1. The Kier molecular flexibility index (Phi) is 3.03. The molecule has 19 heavy (non-hydrogen) atoms. The van der Waals surface area contributed by atoms with Gasteiger partial charge in [-0.2, -0.15) is 0 Å². The van der Waals surface area contributed by atoms with Crippen molar-refractivity contribution in [3.63, 3.8) is 0 Å². The number of hydrogen-bond donors (Lipinski definition) is 3. The Labute approximate surface area is 113 Å². The third-order valence-electron chi connectivity index (χ3n) is 4.22. The lowest BCUT2D eigenvalue weighted by Crippen LogP contribution is -2.61. The molecule has 1 aromatic rings. The van der Waals surface area contributed by atoms with Gasteiger partial charge in [-0.25, -0.2) is 0 Å². The highest BCUT2D eigenvalue weighted by Gasteiger charge is 2.40. The highest BCUT2D eigenvalue weighted by atomic mass is 15.2. The second-order valence-corrected chi connectivity index (χ2v) is 5.42. The third kappa shape index (κ3) is 2.12. The third-order valence-corrected chi connectivity index (χ3v) is 4.22. The van der Waals surface area contributed by atoms with Crippen LogP contribution in [0, 0.1) is 5.92 Å². The summed E-state index contributed by atoms with van der Waals surface area (Å²) in [6.45, 7) is 0. The molecule has 1 atom stereocenters. The minimum atomic E-state index is -0.615. The number of dihydropyridines is 1. The van der Waals surface area contributed by atoms with Gasteiger partial charge in [-0.3, -0.25) is 4.98 Å². The SMILES string of the molecule is NC1=CC=C(c2cccnc2)NC1(N)C1CCCC1. The summed E-state index contributed by atoms with van der Waals surface area (Å²) >= 11 is 0. The van der Waals surface area contributed by atoms with Crippen LogP contribution in [0.15, 0.2) is 42.4 Å². The zero-order valence-corrected chi connectivity index (χ0v) is 11.0. The van der Waals surface area contributed by atoms with Gasteiger partial charge in [-0.15, -0.1) is 0 Å². The van der Waals surface area contributed by atoms with E-state index in [1.807, 2.05) is 30.5 Å². The Hall–Kier alpha value is -1.81. The van der Waals surface area contributed by atoms with Gasteiger partial charge in [-0.05, 0) is 37.1 Å². The molecule has 0 bridgehead atoms. The van der Waals surface area contributed by atoms with Gasteiger partial charge in [-0.1, -0.05) is 12.8 Å². The fraction of sp³-hybridized carbons (Fsp3) is 0.400. The zero-order chi connectivity index (χ0) is 13.3. The van der Waals surface area contributed by atoms with Crippen LogP contribution in [0.2, 0.25) is 0 Å². The van der Waals surface area contributed by atoms with E-state index < -0.39 is 5.66 Å². The Morgan fingerprint density at radius 3 is 2.74 bits per heavy atom. The molecule has 0 spiro atoms. The number of nitrogens with one attached hydrogen (secondary N) is 1. The van der Waals surface area contributed by atoms with Gasteiger partial charge in [0.2, 0.25) is 0 Å². The van der Waals surface area contributed by atoms with E-state index in [0.717, 1.165) is 29.8 Å². The average molecular weight is 256 g/mol. The molecular weight excluding hydrogens is 236 g/mol. The van der Waals surface area contributed by atoms with Crippen molar-refractivity contribution in [1.82, 2.24) is 10.3 Å². The summed E-state index contributed by atoms with van der Waals surface area (Å²) in [4.78, 5) is 4.15. The van der Waals surface area contributed by atoms with E-state index in [0.29, 0.717) is 5.92 Å². The van der Waals surface area contributed by atoms with Crippen molar-refractivity contribution < 1.29 is 0 Å². The molecule has 1 aromatic heterocycles. The van der Waals surface area contributed by atoms with E-state index in [-0.39, 0.29) is 0 Å². The smallest absolute Gasteiger partial charge is 0.129 e. The van der Waals surface area contributed by atoms with Crippen LogP contribution in [-0.4, -0.2) is 10.6 Å². The second kappa shape index (κ2) is 4.70. The molecular formula is C15H20N4. The first kappa shape index (κ1) is 12.2. The van der Waals surface area contributed by atoms with Crippen molar-refractivity contribution in [2.45, 2.75) is 31.3 Å². The van der Waals surface area contributed by atoms with Gasteiger partial charge in [0.15, 0.2) is 0 Å². The number of pyridine rings is 1. The van der Waals surface area contributed by atoms with Crippen LogP contribution >= 0.6 is 0 Å². The number of nitrogens with zero attached hydrogens (tertiary/aromatic N) is 1. The van der Waals surface area contributed by atoms with Crippen molar-refractivity contribution in [3.05, 3.63) is 47.9 Å². The van der Waals surface area contributed by atoms with Crippen molar-refractivity contribution >= 4 is 5.70 Å². The lowest BCUT2D eigenvalue weighted by Gasteiger charge is -2.40. The predicted molar refractivity (Wildman–Crippen MR) is 76.5 cm³/mol. The van der Waals surface area contributed by atoms with Gasteiger partial charge in [0.25, 0.3) is 0 Å². The summed E-state index contributed by atoms with van der Waals surface area (Å²) in [6.07, 6.45) is 12.3. The number of rotatable bonds is 2. The first-order valence-electron chi connectivity index (χ1n) is 6.85. The Morgan fingerprint density at radius 2 is 2.05 bits per heavy atom. The van der Waals surface area contributed by atoms with Crippen molar-refractivity contribution in [2.75, 3.05) is 0 Å². The average Bonchev–Trinajstić information content (AvgIpc) is 2.98. The number of nitrogens with two attached hydrogens (primary N) is 2. The lowest BCUT2D eigenvalue weighted by atomic mass is 9.86. The molecule has 5 N–H and O–H groups in total. The Morgan fingerprint density at radius 1 is 1.26 bits per heavy atom. The molecule has 2 aliphatic rings. The van der Waals surface area contributed by atoms with E-state index in [4.69, 9.17) is 11.5 Å². The standard InChI is InChI=1S/C15H20N4/c16-14-8-7-13(11-4-3-9-18-10-11)19-15(14,17)12-5-1-2-6-12/h3-4,7-10,12,19H,1-2,5-6,16-17H2. The molecule has 1 aliphatic carbocycles. The molecule has 0 amide bonds. The minimum absolute atomic E-state index is 0.407. The fourth-order valence-electron chi connectivity index (χ4n) is 3.06. The highest BCUT2D eigenvalue weighted by molar-refractivity contribution is 5.68. The molecule has 4 heteroatoms. The van der Waals surface area contributed by atoms with Crippen LogP contribution in [0.3, 0.4) is 0 Å². The fourth-order valence-corrected chi connectivity index (χ4v) is 3.06. The van der Waals surface area contributed by atoms with Crippen LogP contribution < -0.4 is 16.8 Å². The van der Waals surface area contributed by atoms with E-state index in [1.165, 1.54) is 12.8 Å². The topological polar surface area (TPSA) is 77.0 Å². The van der Waals surface area contributed by atoms with Crippen LogP contribution in [0.25, 0.3) is 5.70 Å². The van der Waals surface area contributed by atoms with Crippen molar-refractivity contribution in [3.8, 4) is 0 Å². The number of hydrogen-bond acceptors (Lipinski definition) is 4. The summed E-state index contributed by atoms with van der Waals surface area (Å²) in [5.74, 6) is 0.407. The number of allylic oxidation sites excluding steroid dienone is 2. The molecule has 1 fully saturated rings. The monoisotopic (exact) mass is 256 g/mol. The maximum Gasteiger partial charge on any atom is 0.129 e. The van der Waals surface area contributed by atoms with Gasteiger partial charge in [0.1, 0.15) is 5.66 Å². The van der Waals surface area contributed by atoms with Crippen LogP contribution in [0.4, 0.5) is 0 Å². The van der Waals surface area contributed by atoms with Gasteiger partial charge < -0.3 is 16.8 Å². The first-order chi connectivity index (χ1) is 9.20. The summed E-state index contributed by atoms with van der Waals surface area (Å²) in [5.41, 5.74) is 14.9. The summed E-state index contributed by atoms with van der Waals surface area (Å²) < 4.78 is 0. The molecule has 1 aliphatic heterocycles. The van der Waals surface area contributed by atoms with E-state index in [9.17, 15) is 0 Å². The van der Waals surface area contributed by atoms with Gasteiger partial charge in [0, 0.05) is 35.3 Å². The summed E-state index contributed by atoms with van der Waals surface area (Å²) in [5, 5.41) is 3.44. The zero-order valence-electron chi connectivity index (χ0n) is 11.0. The quantitative estimate of drug-likeness (QED) is 0.753. The highest BCUT2D eigenvalue weighted by Crippen LogP contribution is 2.36. The van der Waals surface area contributed by atoms with Gasteiger partial charge in [0.05, 0.1) is 0 Å². The van der Waals surface area contributed by atoms with Crippen molar-refractivity contribution in [1.29, 1.82) is 0 Å². The van der Waals surface area contributed by atoms with Crippen LogP contribution in [0.5, 0.6) is 0 Å².